The molecule has 2 aromatic carbocycles. The summed E-state index contributed by atoms with van der Waals surface area (Å²) >= 11 is 1.57. The molecule has 0 saturated carbocycles. The molecule has 1 heterocycles. The second-order valence-electron chi connectivity index (χ2n) is 5.81. The summed E-state index contributed by atoms with van der Waals surface area (Å²) in [6, 6.07) is 14.3. The van der Waals surface area contributed by atoms with Crippen LogP contribution in [0.2, 0.25) is 0 Å². The molecule has 0 aliphatic heterocycles. The number of benzene rings is 2. The highest BCUT2D eigenvalue weighted by molar-refractivity contribution is 7.07. The summed E-state index contributed by atoms with van der Waals surface area (Å²) < 4.78 is 5.85. The van der Waals surface area contributed by atoms with Crippen LogP contribution in [-0.4, -0.2) is 4.98 Å². The van der Waals surface area contributed by atoms with Crippen molar-refractivity contribution in [2.75, 3.05) is 5.73 Å². The molecule has 3 aromatic rings. The lowest BCUT2D eigenvalue weighted by Gasteiger charge is -2.11. The molecule has 1 aromatic heterocycles. The maximum atomic E-state index is 6.11. The molecule has 0 atom stereocenters. The quantitative estimate of drug-likeness (QED) is 0.665. The number of ether oxygens (including phenoxy) is 1. The number of anilines is 1. The normalized spacial score (nSPS) is 10.9. The van der Waals surface area contributed by atoms with Gasteiger partial charge in [0, 0.05) is 10.9 Å². The lowest BCUT2D eigenvalue weighted by molar-refractivity contribution is 0.308. The van der Waals surface area contributed by atoms with Crippen LogP contribution in [0.3, 0.4) is 0 Å². The van der Waals surface area contributed by atoms with E-state index in [1.54, 1.807) is 11.3 Å². The average Bonchev–Trinajstić information content (AvgIpc) is 3.08. The van der Waals surface area contributed by atoms with E-state index in [2.05, 4.69) is 43.1 Å². The summed E-state index contributed by atoms with van der Waals surface area (Å²) in [7, 11) is 0. The van der Waals surface area contributed by atoms with E-state index in [9.17, 15) is 0 Å². The van der Waals surface area contributed by atoms with E-state index in [0.29, 0.717) is 24.0 Å². The van der Waals surface area contributed by atoms with Gasteiger partial charge in [-0.25, -0.2) is 4.98 Å². The third kappa shape index (κ3) is 3.71. The Morgan fingerprint density at radius 3 is 2.52 bits per heavy atom. The van der Waals surface area contributed by atoms with Gasteiger partial charge < -0.3 is 10.5 Å². The number of nitrogen functional groups attached to an aromatic ring is 1. The molecule has 0 spiro atoms. The van der Waals surface area contributed by atoms with E-state index in [0.717, 1.165) is 16.8 Å². The number of rotatable bonds is 5. The Balaban J connectivity index is 1.68. The molecule has 0 radical (unpaired) electrons. The standard InChI is InChI=1S/C19H20N2OS/c1-13(2)15-5-3-14(4-6-15)10-22-19-8-7-16(9-17(19)20)18-11-23-12-21-18/h3-9,11-13H,10,20H2,1-2H3. The number of hydrogen-bond acceptors (Lipinski definition) is 4. The van der Waals surface area contributed by atoms with Crippen molar-refractivity contribution in [1.29, 1.82) is 0 Å². The molecule has 0 aliphatic rings. The molecule has 0 amide bonds. The van der Waals surface area contributed by atoms with Gasteiger partial charge in [-0.05, 0) is 35.2 Å². The zero-order valence-electron chi connectivity index (χ0n) is 13.3. The van der Waals surface area contributed by atoms with Crippen LogP contribution in [0.15, 0.2) is 53.4 Å². The predicted octanol–water partition coefficient (Wildman–Crippen LogP) is 5.09. The van der Waals surface area contributed by atoms with Crippen molar-refractivity contribution in [1.82, 2.24) is 4.98 Å². The van der Waals surface area contributed by atoms with Crippen LogP contribution in [-0.2, 0) is 6.61 Å². The molecule has 3 rings (SSSR count). The Hall–Kier alpha value is -2.33. The van der Waals surface area contributed by atoms with Crippen LogP contribution < -0.4 is 10.5 Å². The van der Waals surface area contributed by atoms with Gasteiger partial charge in [-0.3, -0.25) is 0 Å². The molecule has 0 unspecified atom stereocenters. The maximum Gasteiger partial charge on any atom is 0.142 e. The Labute approximate surface area is 140 Å². The second kappa shape index (κ2) is 6.84. The highest BCUT2D eigenvalue weighted by atomic mass is 32.1. The first-order valence-corrected chi connectivity index (χ1v) is 8.57. The van der Waals surface area contributed by atoms with Crippen molar-refractivity contribution in [3.8, 4) is 17.0 Å². The smallest absolute Gasteiger partial charge is 0.142 e. The fourth-order valence-electron chi connectivity index (χ4n) is 2.35. The predicted molar refractivity (Wildman–Crippen MR) is 96.8 cm³/mol. The highest BCUT2D eigenvalue weighted by Gasteiger charge is 2.06. The van der Waals surface area contributed by atoms with Gasteiger partial charge >= 0.3 is 0 Å². The summed E-state index contributed by atoms with van der Waals surface area (Å²) in [4.78, 5) is 4.30. The van der Waals surface area contributed by atoms with Crippen LogP contribution >= 0.6 is 11.3 Å². The first-order valence-electron chi connectivity index (χ1n) is 7.63. The van der Waals surface area contributed by atoms with Gasteiger partial charge in [0.25, 0.3) is 0 Å². The van der Waals surface area contributed by atoms with Crippen LogP contribution in [0.25, 0.3) is 11.3 Å². The number of thiazole rings is 1. The van der Waals surface area contributed by atoms with Crippen molar-refractivity contribution in [2.24, 2.45) is 0 Å². The van der Waals surface area contributed by atoms with Crippen molar-refractivity contribution < 1.29 is 4.74 Å². The molecule has 2 N–H and O–H groups in total. The Morgan fingerprint density at radius 1 is 1.13 bits per heavy atom. The number of nitrogens with zero attached hydrogens (tertiary/aromatic N) is 1. The fourth-order valence-corrected chi connectivity index (χ4v) is 2.92. The van der Waals surface area contributed by atoms with E-state index in [-0.39, 0.29) is 0 Å². The molecule has 0 aliphatic carbocycles. The fraction of sp³-hybridized carbons (Fsp3) is 0.211. The molecule has 0 saturated heterocycles. The zero-order chi connectivity index (χ0) is 16.2. The topological polar surface area (TPSA) is 48.1 Å². The van der Waals surface area contributed by atoms with Crippen molar-refractivity contribution in [3.63, 3.8) is 0 Å². The van der Waals surface area contributed by atoms with Gasteiger partial charge in [0.2, 0.25) is 0 Å². The minimum atomic E-state index is 0.513. The van der Waals surface area contributed by atoms with Gasteiger partial charge in [0.1, 0.15) is 12.4 Å². The lowest BCUT2D eigenvalue weighted by atomic mass is 10.0. The Bertz CT molecular complexity index is 765. The van der Waals surface area contributed by atoms with E-state index in [1.165, 1.54) is 5.56 Å². The molecule has 118 valence electrons. The van der Waals surface area contributed by atoms with E-state index >= 15 is 0 Å². The highest BCUT2D eigenvalue weighted by Crippen LogP contribution is 2.29. The third-order valence-corrected chi connectivity index (χ3v) is 4.37. The van der Waals surface area contributed by atoms with Crippen LogP contribution in [0.1, 0.15) is 30.9 Å². The summed E-state index contributed by atoms with van der Waals surface area (Å²) in [5.74, 6) is 1.25. The lowest BCUT2D eigenvalue weighted by Crippen LogP contribution is -1.99. The van der Waals surface area contributed by atoms with Crippen molar-refractivity contribution >= 4 is 17.0 Å². The Morgan fingerprint density at radius 2 is 1.91 bits per heavy atom. The van der Waals surface area contributed by atoms with E-state index in [1.807, 2.05) is 29.1 Å². The van der Waals surface area contributed by atoms with Gasteiger partial charge in [-0.2, -0.15) is 0 Å². The zero-order valence-corrected chi connectivity index (χ0v) is 14.1. The number of hydrogen-bond donors (Lipinski definition) is 1. The minimum absolute atomic E-state index is 0.513. The van der Waals surface area contributed by atoms with E-state index < -0.39 is 0 Å². The van der Waals surface area contributed by atoms with Crippen LogP contribution in [0.5, 0.6) is 5.75 Å². The number of nitrogens with two attached hydrogens (primary N) is 1. The van der Waals surface area contributed by atoms with E-state index in [4.69, 9.17) is 10.5 Å². The maximum absolute atomic E-state index is 6.11. The minimum Gasteiger partial charge on any atom is -0.487 e. The Kier molecular flexibility index (Phi) is 4.63. The molecular weight excluding hydrogens is 304 g/mol. The second-order valence-corrected chi connectivity index (χ2v) is 6.53. The van der Waals surface area contributed by atoms with Crippen molar-refractivity contribution in [2.45, 2.75) is 26.4 Å². The van der Waals surface area contributed by atoms with Gasteiger partial charge in [0.05, 0.1) is 16.9 Å². The molecule has 4 heteroatoms. The SMILES string of the molecule is CC(C)c1ccc(COc2ccc(-c3cscn3)cc2N)cc1. The molecule has 23 heavy (non-hydrogen) atoms. The largest absolute Gasteiger partial charge is 0.487 e. The van der Waals surface area contributed by atoms with Gasteiger partial charge in [-0.15, -0.1) is 11.3 Å². The first kappa shape index (κ1) is 15.6. The molecule has 0 fully saturated rings. The average molecular weight is 324 g/mol. The van der Waals surface area contributed by atoms with Gasteiger partial charge in [-0.1, -0.05) is 38.1 Å². The molecular formula is C19H20N2OS. The summed E-state index contributed by atoms with van der Waals surface area (Å²) in [6.07, 6.45) is 0. The number of aromatic nitrogens is 1. The summed E-state index contributed by atoms with van der Waals surface area (Å²) in [5, 5.41) is 2.01. The summed E-state index contributed by atoms with van der Waals surface area (Å²) in [5.41, 5.74) is 13.0. The summed E-state index contributed by atoms with van der Waals surface area (Å²) in [6.45, 7) is 4.89. The third-order valence-electron chi connectivity index (χ3n) is 3.78. The monoisotopic (exact) mass is 324 g/mol. The van der Waals surface area contributed by atoms with Gasteiger partial charge in [0.15, 0.2) is 0 Å². The molecule has 3 nitrogen and oxygen atoms in total. The van der Waals surface area contributed by atoms with Crippen LogP contribution in [0.4, 0.5) is 5.69 Å². The van der Waals surface area contributed by atoms with Crippen molar-refractivity contribution in [3.05, 3.63) is 64.5 Å². The molecule has 0 bridgehead atoms. The van der Waals surface area contributed by atoms with Crippen LogP contribution in [0, 0.1) is 0 Å². The first-order chi connectivity index (χ1) is 11.1.